The summed E-state index contributed by atoms with van der Waals surface area (Å²) >= 11 is 3.00. The van der Waals surface area contributed by atoms with Crippen LogP contribution in [0, 0.1) is 0 Å². The molecule has 0 atom stereocenters. The predicted octanol–water partition coefficient (Wildman–Crippen LogP) is 2.29. The molecule has 1 aromatic rings. The maximum absolute atomic E-state index is 11.8. The molecule has 0 aliphatic heterocycles. The third-order valence-corrected chi connectivity index (χ3v) is 2.54. The van der Waals surface area contributed by atoms with Crippen molar-refractivity contribution in [1.29, 1.82) is 0 Å². The lowest BCUT2D eigenvalue weighted by Gasteiger charge is -2.08. The SMILES string of the molecule is O=c1[nH]ncc(NCCCC(F)(F)F)c1Br. The molecule has 0 fully saturated rings. The number of rotatable bonds is 4. The Morgan fingerprint density at radius 1 is 1.50 bits per heavy atom. The number of H-pyrrole nitrogens is 1. The summed E-state index contributed by atoms with van der Waals surface area (Å²) in [6.07, 6.45) is -3.72. The van der Waals surface area contributed by atoms with E-state index in [0.29, 0.717) is 5.69 Å². The zero-order valence-electron chi connectivity index (χ0n) is 8.07. The number of hydrogen-bond acceptors (Lipinski definition) is 3. The molecule has 0 saturated carbocycles. The average Bonchev–Trinajstić information content (AvgIpc) is 2.17. The molecule has 1 aromatic heterocycles. The first kappa shape index (κ1) is 13.0. The van der Waals surface area contributed by atoms with Crippen molar-refractivity contribution < 1.29 is 13.2 Å². The first-order valence-electron chi connectivity index (χ1n) is 4.44. The van der Waals surface area contributed by atoms with Crippen LogP contribution in [0.2, 0.25) is 0 Å². The summed E-state index contributed by atoms with van der Waals surface area (Å²) in [5.74, 6) is 0. The average molecular weight is 300 g/mol. The van der Waals surface area contributed by atoms with Crippen LogP contribution in [0.5, 0.6) is 0 Å². The molecule has 0 radical (unpaired) electrons. The molecule has 1 heterocycles. The van der Waals surface area contributed by atoms with Gasteiger partial charge in [-0.25, -0.2) is 5.10 Å². The molecule has 2 N–H and O–H groups in total. The van der Waals surface area contributed by atoms with Gasteiger partial charge in [0.05, 0.1) is 11.9 Å². The first-order chi connectivity index (χ1) is 7.40. The normalized spacial score (nSPS) is 11.5. The van der Waals surface area contributed by atoms with E-state index in [0.717, 1.165) is 0 Å². The van der Waals surface area contributed by atoms with E-state index in [4.69, 9.17) is 0 Å². The van der Waals surface area contributed by atoms with Crippen LogP contribution >= 0.6 is 15.9 Å². The van der Waals surface area contributed by atoms with Gasteiger partial charge >= 0.3 is 6.18 Å². The molecule has 16 heavy (non-hydrogen) atoms. The Hall–Kier alpha value is -1.05. The second-order valence-electron chi connectivity index (χ2n) is 3.07. The maximum atomic E-state index is 11.8. The lowest BCUT2D eigenvalue weighted by Crippen LogP contribution is -2.14. The molecule has 0 aliphatic rings. The summed E-state index contributed by atoms with van der Waals surface area (Å²) in [7, 11) is 0. The van der Waals surface area contributed by atoms with Gasteiger partial charge in [0, 0.05) is 13.0 Å². The number of aromatic amines is 1. The van der Waals surface area contributed by atoms with Gasteiger partial charge in [-0.05, 0) is 22.4 Å². The third-order valence-electron chi connectivity index (χ3n) is 1.75. The second-order valence-corrected chi connectivity index (χ2v) is 3.87. The van der Waals surface area contributed by atoms with Crippen LogP contribution in [0.1, 0.15) is 12.8 Å². The lowest BCUT2D eigenvalue weighted by atomic mass is 10.3. The van der Waals surface area contributed by atoms with Gasteiger partial charge < -0.3 is 5.32 Å². The van der Waals surface area contributed by atoms with Crippen LogP contribution in [0.4, 0.5) is 18.9 Å². The summed E-state index contributed by atoms with van der Waals surface area (Å²) in [5.41, 5.74) is -0.0493. The number of anilines is 1. The number of hydrogen-bond donors (Lipinski definition) is 2. The van der Waals surface area contributed by atoms with E-state index in [1.54, 1.807) is 0 Å². The fraction of sp³-hybridized carbons (Fsp3) is 0.500. The summed E-state index contributed by atoms with van der Waals surface area (Å²) in [6.45, 7) is 0.128. The highest BCUT2D eigenvalue weighted by Gasteiger charge is 2.25. The smallest absolute Gasteiger partial charge is 0.383 e. The minimum absolute atomic E-state index is 0.0528. The first-order valence-corrected chi connectivity index (χ1v) is 5.23. The summed E-state index contributed by atoms with van der Waals surface area (Å²) in [6, 6.07) is 0. The van der Waals surface area contributed by atoms with E-state index in [1.807, 2.05) is 0 Å². The summed E-state index contributed by atoms with van der Waals surface area (Å²) in [5, 5.41) is 8.40. The number of nitrogens with one attached hydrogen (secondary N) is 2. The van der Waals surface area contributed by atoms with E-state index in [2.05, 4.69) is 31.4 Å². The number of aromatic nitrogens is 2. The molecule has 0 amide bonds. The van der Waals surface area contributed by atoms with E-state index in [-0.39, 0.29) is 17.4 Å². The largest absolute Gasteiger partial charge is 0.389 e. The highest BCUT2D eigenvalue weighted by atomic mass is 79.9. The zero-order valence-corrected chi connectivity index (χ0v) is 9.65. The minimum Gasteiger partial charge on any atom is -0.383 e. The van der Waals surface area contributed by atoms with Crippen molar-refractivity contribution in [3.8, 4) is 0 Å². The Kier molecular flexibility index (Phi) is 4.34. The van der Waals surface area contributed by atoms with Crippen molar-refractivity contribution in [1.82, 2.24) is 10.2 Å². The topological polar surface area (TPSA) is 57.8 Å². The van der Waals surface area contributed by atoms with Crippen LogP contribution in [0.25, 0.3) is 0 Å². The van der Waals surface area contributed by atoms with E-state index < -0.39 is 18.2 Å². The molecule has 0 spiro atoms. The molecule has 0 aliphatic carbocycles. The van der Waals surface area contributed by atoms with Crippen LogP contribution in [-0.2, 0) is 0 Å². The molecule has 8 heteroatoms. The number of nitrogens with zero attached hydrogens (tertiary/aromatic N) is 1. The molecule has 0 bridgehead atoms. The summed E-state index contributed by atoms with van der Waals surface area (Å²) < 4.78 is 35.7. The Balaban J connectivity index is 2.44. The van der Waals surface area contributed by atoms with Gasteiger partial charge in [-0.1, -0.05) is 0 Å². The molecular formula is C8H9BrF3N3O. The van der Waals surface area contributed by atoms with Crippen LogP contribution in [-0.4, -0.2) is 22.9 Å². The van der Waals surface area contributed by atoms with Gasteiger partial charge in [0.25, 0.3) is 5.56 Å². The fourth-order valence-electron chi connectivity index (χ4n) is 1.02. The number of halogens is 4. The zero-order chi connectivity index (χ0) is 12.2. The van der Waals surface area contributed by atoms with E-state index >= 15 is 0 Å². The van der Waals surface area contributed by atoms with Crippen molar-refractivity contribution >= 4 is 21.6 Å². The van der Waals surface area contributed by atoms with Gasteiger partial charge in [-0.15, -0.1) is 0 Å². The van der Waals surface area contributed by atoms with Gasteiger partial charge in [-0.2, -0.15) is 18.3 Å². The van der Waals surface area contributed by atoms with Crippen molar-refractivity contribution in [3.05, 3.63) is 21.0 Å². The molecule has 0 saturated heterocycles. The van der Waals surface area contributed by atoms with Gasteiger partial charge in [0.2, 0.25) is 0 Å². The quantitative estimate of drug-likeness (QED) is 0.839. The van der Waals surface area contributed by atoms with E-state index in [1.165, 1.54) is 6.20 Å². The molecule has 0 aromatic carbocycles. The Bertz CT molecular complexity index is 404. The van der Waals surface area contributed by atoms with Crippen LogP contribution in [0.3, 0.4) is 0 Å². The Morgan fingerprint density at radius 3 is 2.81 bits per heavy atom. The van der Waals surface area contributed by atoms with Crippen molar-refractivity contribution in [2.75, 3.05) is 11.9 Å². The predicted molar refractivity (Wildman–Crippen MR) is 56.3 cm³/mol. The van der Waals surface area contributed by atoms with Gasteiger partial charge in [0.15, 0.2) is 0 Å². The lowest BCUT2D eigenvalue weighted by molar-refractivity contribution is -0.134. The van der Waals surface area contributed by atoms with Crippen molar-refractivity contribution in [2.45, 2.75) is 19.0 Å². The second kappa shape index (κ2) is 5.33. The highest BCUT2D eigenvalue weighted by Crippen LogP contribution is 2.21. The Labute approximate surface area is 97.4 Å². The molecule has 1 rings (SSSR count). The highest BCUT2D eigenvalue weighted by molar-refractivity contribution is 9.10. The van der Waals surface area contributed by atoms with Gasteiger partial charge in [-0.3, -0.25) is 4.79 Å². The van der Waals surface area contributed by atoms with Crippen LogP contribution in [0.15, 0.2) is 15.5 Å². The maximum Gasteiger partial charge on any atom is 0.389 e. The van der Waals surface area contributed by atoms with Crippen LogP contribution < -0.4 is 10.9 Å². The van der Waals surface area contributed by atoms with Crippen molar-refractivity contribution in [2.24, 2.45) is 0 Å². The summed E-state index contributed by atoms with van der Waals surface area (Å²) in [4.78, 5) is 11.0. The number of alkyl halides is 3. The van der Waals surface area contributed by atoms with Gasteiger partial charge in [0.1, 0.15) is 4.47 Å². The van der Waals surface area contributed by atoms with Crippen molar-refractivity contribution in [3.63, 3.8) is 0 Å². The molecule has 4 nitrogen and oxygen atoms in total. The standard InChI is InChI=1S/C8H9BrF3N3O/c9-6-5(4-14-15-7(6)16)13-3-1-2-8(10,11)12/h4H,1-3H2,(H2,13,15,16). The third kappa shape index (κ3) is 4.21. The fourth-order valence-corrected chi connectivity index (χ4v) is 1.35. The monoisotopic (exact) mass is 299 g/mol. The minimum atomic E-state index is -4.15. The molecular weight excluding hydrogens is 291 g/mol. The Morgan fingerprint density at radius 2 is 2.19 bits per heavy atom. The molecule has 90 valence electrons. The van der Waals surface area contributed by atoms with E-state index in [9.17, 15) is 18.0 Å². The molecule has 0 unspecified atom stereocenters.